The molecule has 1 fully saturated rings. The molecule has 1 heterocycles. The quantitative estimate of drug-likeness (QED) is 0.830. The lowest BCUT2D eigenvalue weighted by molar-refractivity contribution is -0.117. The molecule has 2 atom stereocenters. The van der Waals surface area contributed by atoms with E-state index in [1.165, 1.54) is 7.11 Å². The van der Waals surface area contributed by atoms with E-state index in [-0.39, 0.29) is 17.9 Å². The fourth-order valence-corrected chi connectivity index (χ4v) is 2.49. The Kier molecular flexibility index (Phi) is 3.85. The summed E-state index contributed by atoms with van der Waals surface area (Å²) in [6.45, 7) is 2.47. The maximum atomic E-state index is 12.1. The van der Waals surface area contributed by atoms with Gasteiger partial charge in [-0.15, -0.1) is 0 Å². The molecule has 0 bridgehead atoms. The average molecular weight is 262 g/mol. The van der Waals surface area contributed by atoms with Gasteiger partial charge < -0.3 is 15.4 Å². The van der Waals surface area contributed by atoms with Gasteiger partial charge in [-0.1, -0.05) is 6.07 Å². The zero-order valence-electron chi connectivity index (χ0n) is 11.1. The molecule has 0 spiro atoms. The van der Waals surface area contributed by atoms with Gasteiger partial charge in [0.15, 0.2) is 0 Å². The molecule has 5 nitrogen and oxygen atoms in total. The number of esters is 1. The summed E-state index contributed by atoms with van der Waals surface area (Å²) in [5.41, 5.74) is 6.83. The van der Waals surface area contributed by atoms with Crippen molar-refractivity contribution >= 4 is 17.6 Å². The Morgan fingerprint density at radius 3 is 2.84 bits per heavy atom. The first kappa shape index (κ1) is 13.5. The highest BCUT2D eigenvalue weighted by Crippen LogP contribution is 2.30. The van der Waals surface area contributed by atoms with Crippen LogP contribution < -0.4 is 10.6 Å². The van der Waals surface area contributed by atoms with Gasteiger partial charge in [-0.05, 0) is 31.7 Å². The summed E-state index contributed by atoms with van der Waals surface area (Å²) < 4.78 is 4.69. The summed E-state index contributed by atoms with van der Waals surface area (Å²) in [5, 5.41) is 0. The molecule has 0 saturated carbocycles. The van der Waals surface area contributed by atoms with Crippen LogP contribution >= 0.6 is 0 Å². The maximum absolute atomic E-state index is 12.1. The molecule has 2 unspecified atom stereocenters. The number of rotatable bonds is 3. The van der Waals surface area contributed by atoms with Crippen LogP contribution in [0.3, 0.4) is 0 Å². The van der Waals surface area contributed by atoms with Crippen LogP contribution in [0.2, 0.25) is 0 Å². The molecule has 1 aliphatic rings. The van der Waals surface area contributed by atoms with Crippen molar-refractivity contribution in [2.24, 2.45) is 11.7 Å². The van der Waals surface area contributed by atoms with Crippen molar-refractivity contribution in [3.63, 3.8) is 0 Å². The van der Waals surface area contributed by atoms with Crippen molar-refractivity contribution < 1.29 is 14.3 Å². The van der Waals surface area contributed by atoms with Crippen molar-refractivity contribution in [3.8, 4) is 0 Å². The Hall–Kier alpha value is -1.88. The second-order valence-corrected chi connectivity index (χ2v) is 4.75. The number of nitrogens with zero attached hydrogens (tertiary/aromatic N) is 1. The highest BCUT2D eigenvalue weighted by molar-refractivity contribution is 5.98. The molecule has 0 radical (unpaired) electrons. The van der Waals surface area contributed by atoms with Gasteiger partial charge >= 0.3 is 5.97 Å². The Balaban J connectivity index is 2.31. The lowest BCUT2D eigenvalue weighted by Crippen LogP contribution is -2.34. The Morgan fingerprint density at radius 1 is 1.53 bits per heavy atom. The van der Waals surface area contributed by atoms with E-state index in [9.17, 15) is 9.59 Å². The molecule has 19 heavy (non-hydrogen) atoms. The fourth-order valence-electron chi connectivity index (χ4n) is 2.49. The highest BCUT2D eigenvalue weighted by atomic mass is 16.5. The number of benzene rings is 1. The molecular formula is C14H18N2O3. The third-order valence-corrected chi connectivity index (χ3v) is 3.64. The van der Waals surface area contributed by atoms with Gasteiger partial charge in [0.1, 0.15) is 0 Å². The normalized spacial score (nSPS) is 22.7. The molecule has 1 saturated heterocycles. The Labute approximate surface area is 112 Å². The molecule has 1 aliphatic heterocycles. The van der Waals surface area contributed by atoms with E-state index in [1.54, 1.807) is 23.1 Å². The zero-order valence-corrected chi connectivity index (χ0v) is 11.1. The van der Waals surface area contributed by atoms with Crippen molar-refractivity contribution in [1.29, 1.82) is 0 Å². The molecule has 2 rings (SSSR count). The topological polar surface area (TPSA) is 72.6 Å². The maximum Gasteiger partial charge on any atom is 0.337 e. The number of carbonyl (C=O) groups excluding carboxylic acids is 2. The summed E-state index contributed by atoms with van der Waals surface area (Å²) in [4.78, 5) is 25.3. The van der Waals surface area contributed by atoms with E-state index in [0.29, 0.717) is 18.5 Å². The molecular weight excluding hydrogens is 244 g/mol. The standard InChI is InChI=1S/C14H18N2O3/c1-9-11(8-15)7-13(17)16(9)12-5-3-4-10(6-12)14(18)19-2/h3-6,9,11H,7-8,15H2,1-2H3. The molecule has 2 N–H and O–H groups in total. The van der Waals surface area contributed by atoms with Crippen LogP contribution in [-0.2, 0) is 9.53 Å². The zero-order chi connectivity index (χ0) is 14.0. The molecule has 5 heteroatoms. The molecule has 1 amide bonds. The minimum Gasteiger partial charge on any atom is -0.465 e. The number of anilines is 1. The summed E-state index contributed by atoms with van der Waals surface area (Å²) in [6.07, 6.45) is 0.458. The van der Waals surface area contributed by atoms with Crippen molar-refractivity contribution in [3.05, 3.63) is 29.8 Å². The van der Waals surface area contributed by atoms with Crippen LogP contribution in [0.25, 0.3) is 0 Å². The number of ether oxygens (including phenoxy) is 1. The predicted octanol–water partition coefficient (Wildman–Crippen LogP) is 1.17. The van der Waals surface area contributed by atoms with Crippen molar-refractivity contribution in [2.45, 2.75) is 19.4 Å². The molecule has 0 aromatic heterocycles. The predicted molar refractivity (Wildman–Crippen MR) is 71.9 cm³/mol. The van der Waals surface area contributed by atoms with Gasteiger partial charge in [-0.25, -0.2) is 4.79 Å². The first-order valence-electron chi connectivity index (χ1n) is 6.29. The van der Waals surface area contributed by atoms with Crippen molar-refractivity contribution in [1.82, 2.24) is 0 Å². The molecule has 102 valence electrons. The number of hydrogen-bond donors (Lipinski definition) is 1. The van der Waals surface area contributed by atoms with E-state index in [4.69, 9.17) is 5.73 Å². The van der Waals surface area contributed by atoms with Gasteiger partial charge in [0, 0.05) is 24.1 Å². The van der Waals surface area contributed by atoms with Crippen LogP contribution in [0.4, 0.5) is 5.69 Å². The van der Waals surface area contributed by atoms with E-state index >= 15 is 0 Å². The smallest absolute Gasteiger partial charge is 0.337 e. The average Bonchev–Trinajstić information content (AvgIpc) is 2.72. The van der Waals surface area contributed by atoms with Gasteiger partial charge in [0.2, 0.25) is 5.91 Å². The summed E-state index contributed by atoms with van der Waals surface area (Å²) >= 11 is 0. The number of hydrogen-bond acceptors (Lipinski definition) is 4. The van der Waals surface area contributed by atoms with Gasteiger partial charge in [-0.2, -0.15) is 0 Å². The van der Waals surface area contributed by atoms with Crippen LogP contribution in [0.5, 0.6) is 0 Å². The highest BCUT2D eigenvalue weighted by Gasteiger charge is 2.36. The van der Waals surface area contributed by atoms with Crippen LogP contribution in [0, 0.1) is 5.92 Å². The minimum atomic E-state index is -0.406. The monoisotopic (exact) mass is 262 g/mol. The largest absolute Gasteiger partial charge is 0.465 e. The summed E-state index contributed by atoms with van der Waals surface area (Å²) in [5.74, 6) is -0.198. The first-order valence-corrected chi connectivity index (χ1v) is 6.29. The van der Waals surface area contributed by atoms with E-state index in [2.05, 4.69) is 4.74 Å². The Morgan fingerprint density at radius 2 is 2.26 bits per heavy atom. The van der Waals surface area contributed by atoms with Crippen LogP contribution in [-0.4, -0.2) is 31.6 Å². The lowest BCUT2D eigenvalue weighted by atomic mass is 10.0. The van der Waals surface area contributed by atoms with Gasteiger partial charge in [-0.3, -0.25) is 4.79 Å². The van der Waals surface area contributed by atoms with Gasteiger partial charge in [0.25, 0.3) is 0 Å². The molecule has 1 aromatic rings. The molecule has 0 aliphatic carbocycles. The number of methoxy groups -OCH3 is 1. The van der Waals surface area contributed by atoms with E-state index in [0.717, 1.165) is 5.69 Å². The second-order valence-electron chi connectivity index (χ2n) is 4.75. The second kappa shape index (κ2) is 5.40. The number of amides is 1. The first-order chi connectivity index (χ1) is 9.08. The van der Waals surface area contributed by atoms with Gasteiger partial charge in [0.05, 0.1) is 12.7 Å². The summed E-state index contributed by atoms with van der Waals surface area (Å²) in [6, 6.07) is 6.96. The third kappa shape index (κ3) is 2.46. The van der Waals surface area contributed by atoms with Crippen molar-refractivity contribution in [2.75, 3.05) is 18.6 Å². The number of nitrogens with two attached hydrogens (primary N) is 1. The van der Waals surface area contributed by atoms with E-state index in [1.807, 2.05) is 13.0 Å². The third-order valence-electron chi connectivity index (χ3n) is 3.64. The van der Waals surface area contributed by atoms with Crippen LogP contribution in [0.1, 0.15) is 23.7 Å². The number of carbonyl (C=O) groups is 2. The lowest BCUT2D eigenvalue weighted by Gasteiger charge is -2.24. The van der Waals surface area contributed by atoms with Crippen LogP contribution in [0.15, 0.2) is 24.3 Å². The Bertz CT molecular complexity index is 501. The SMILES string of the molecule is COC(=O)c1cccc(N2C(=O)CC(CN)C2C)c1. The summed E-state index contributed by atoms with van der Waals surface area (Å²) in [7, 11) is 1.34. The fraction of sp³-hybridized carbons (Fsp3) is 0.429. The minimum absolute atomic E-state index is 0.0463. The van der Waals surface area contributed by atoms with E-state index < -0.39 is 5.97 Å². The molecule has 1 aromatic carbocycles.